The number of rotatable bonds is 3. The van der Waals surface area contributed by atoms with Crippen molar-refractivity contribution in [2.24, 2.45) is 5.92 Å². The lowest BCUT2D eigenvalue weighted by atomic mass is 9.84. The van der Waals surface area contributed by atoms with Crippen LogP contribution in [0.2, 0.25) is 0 Å². The van der Waals surface area contributed by atoms with E-state index in [1.54, 1.807) is 6.92 Å². The van der Waals surface area contributed by atoms with Gasteiger partial charge in [0.05, 0.1) is 11.6 Å². The highest BCUT2D eigenvalue weighted by atomic mass is 19.4. The maximum Gasteiger partial charge on any atom is 0.416 e. The molecule has 0 heterocycles. The minimum atomic E-state index is -4.32. The molecule has 2 rings (SSSR count). The quantitative estimate of drug-likeness (QED) is 0.892. The first-order valence-electron chi connectivity index (χ1n) is 6.35. The summed E-state index contributed by atoms with van der Waals surface area (Å²) >= 11 is 0. The number of halogens is 3. The minimum absolute atomic E-state index is 0.00125. The molecule has 1 amide bonds. The van der Waals surface area contributed by atoms with Crippen LogP contribution in [0, 0.1) is 5.92 Å². The van der Waals surface area contributed by atoms with Crippen molar-refractivity contribution in [3.63, 3.8) is 0 Å². The normalized spacial score (nSPS) is 17.7. The van der Waals surface area contributed by atoms with Crippen molar-refractivity contribution in [3.8, 4) is 0 Å². The predicted octanol–water partition coefficient (Wildman–Crippen LogP) is 3.68. The van der Waals surface area contributed by atoms with E-state index >= 15 is 0 Å². The Labute approximate surface area is 110 Å². The van der Waals surface area contributed by atoms with Crippen LogP contribution in [-0.4, -0.2) is 5.91 Å². The molecule has 5 heteroatoms. The van der Waals surface area contributed by atoms with E-state index in [2.05, 4.69) is 5.32 Å². The molecular weight excluding hydrogens is 255 g/mol. The van der Waals surface area contributed by atoms with Gasteiger partial charge in [-0.3, -0.25) is 4.79 Å². The third-order valence-electron chi connectivity index (χ3n) is 3.57. The lowest BCUT2D eigenvalue weighted by Crippen LogP contribution is -2.35. The van der Waals surface area contributed by atoms with Crippen molar-refractivity contribution in [2.45, 2.75) is 38.4 Å². The van der Waals surface area contributed by atoms with Crippen LogP contribution in [0.3, 0.4) is 0 Å². The molecule has 0 spiro atoms. The molecule has 0 saturated heterocycles. The molecule has 0 aliphatic heterocycles. The van der Waals surface area contributed by atoms with Gasteiger partial charge in [0.2, 0.25) is 5.91 Å². The van der Waals surface area contributed by atoms with Gasteiger partial charge in [0, 0.05) is 5.92 Å². The van der Waals surface area contributed by atoms with Gasteiger partial charge < -0.3 is 5.32 Å². The van der Waals surface area contributed by atoms with E-state index < -0.39 is 11.7 Å². The average Bonchev–Trinajstić information content (AvgIpc) is 2.25. The third-order valence-corrected chi connectivity index (χ3v) is 3.57. The molecule has 1 fully saturated rings. The molecule has 0 bridgehead atoms. The highest BCUT2D eigenvalue weighted by molar-refractivity contribution is 5.79. The van der Waals surface area contributed by atoms with Crippen LogP contribution in [0.1, 0.15) is 43.4 Å². The summed E-state index contributed by atoms with van der Waals surface area (Å²) in [5, 5.41) is 2.84. The topological polar surface area (TPSA) is 29.1 Å². The van der Waals surface area contributed by atoms with Crippen molar-refractivity contribution in [3.05, 3.63) is 35.4 Å². The molecule has 1 saturated carbocycles. The Morgan fingerprint density at radius 2 is 1.84 bits per heavy atom. The van der Waals surface area contributed by atoms with Crippen LogP contribution in [0.5, 0.6) is 0 Å². The fourth-order valence-corrected chi connectivity index (χ4v) is 2.05. The van der Waals surface area contributed by atoms with Crippen LogP contribution in [0.4, 0.5) is 13.2 Å². The Kier molecular flexibility index (Phi) is 3.83. The van der Waals surface area contributed by atoms with E-state index in [-0.39, 0.29) is 17.9 Å². The lowest BCUT2D eigenvalue weighted by molar-refractivity contribution is -0.137. The van der Waals surface area contributed by atoms with Crippen molar-refractivity contribution in [2.75, 3.05) is 0 Å². The first-order valence-corrected chi connectivity index (χ1v) is 6.35. The van der Waals surface area contributed by atoms with Gasteiger partial charge in [-0.1, -0.05) is 18.6 Å². The summed E-state index contributed by atoms with van der Waals surface area (Å²) in [4.78, 5) is 11.7. The van der Waals surface area contributed by atoms with Gasteiger partial charge in [-0.2, -0.15) is 13.2 Å². The molecule has 1 aliphatic rings. The Hall–Kier alpha value is -1.52. The molecule has 0 aromatic heterocycles. The van der Waals surface area contributed by atoms with Gasteiger partial charge in [0.1, 0.15) is 0 Å². The number of hydrogen-bond donors (Lipinski definition) is 1. The van der Waals surface area contributed by atoms with Crippen LogP contribution in [0.25, 0.3) is 0 Å². The van der Waals surface area contributed by atoms with Crippen molar-refractivity contribution in [1.82, 2.24) is 5.32 Å². The van der Waals surface area contributed by atoms with Gasteiger partial charge >= 0.3 is 6.18 Å². The predicted molar refractivity (Wildman–Crippen MR) is 65.3 cm³/mol. The molecule has 1 aromatic rings. The first kappa shape index (κ1) is 13.9. The molecular formula is C14H16F3NO. The van der Waals surface area contributed by atoms with Gasteiger partial charge in [-0.15, -0.1) is 0 Å². The summed E-state index contributed by atoms with van der Waals surface area (Å²) in [5.41, 5.74) is 0.00874. The first-order chi connectivity index (χ1) is 8.88. The van der Waals surface area contributed by atoms with Gasteiger partial charge in [0.25, 0.3) is 0 Å². The number of carbonyl (C=O) groups is 1. The highest BCUT2D eigenvalue weighted by Gasteiger charge is 2.30. The second-order valence-corrected chi connectivity index (χ2v) is 4.98. The monoisotopic (exact) mass is 271 g/mol. The SMILES string of the molecule is C[C@H](NC(=O)C1CCC1)c1ccc(C(F)(F)F)cc1. The largest absolute Gasteiger partial charge is 0.416 e. The minimum Gasteiger partial charge on any atom is -0.349 e. The summed E-state index contributed by atoms with van der Waals surface area (Å²) in [6.07, 6.45) is -1.43. The molecule has 2 nitrogen and oxygen atoms in total. The Morgan fingerprint density at radius 1 is 1.26 bits per heavy atom. The van der Waals surface area contributed by atoms with E-state index in [0.29, 0.717) is 5.56 Å². The number of benzene rings is 1. The van der Waals surface area contributed by atoms with Gasteiger partial charge in [0.15, 0.2) is 0 Å². The molecule has 1 atom stereocenters. The Bertz CT molecular complexity index is 449. The van der Waals surface area contributed by atoms with Crippen molar-refractivity contribution in [1.29, 1.82) is 0 Å². The van der Waals surface area contributed by atoms with Crippen LogP contribution < -0.4 is 5.32 Å². The smallest absolute Gasteiger partial charge is 0.349 e. The number of hydrogen-bond acceptors (Lipinski definition) is 1. The van der Waals surface area contributed by atoms with Crippen LogP contribution in [-0.2, 0) is 11.0 Å². The van der Waals surface area contributed by atoms with Crippen molar-refractivity contribution < 1.29 is 18.0 Å². The maximum absolute atomic E-state index is 12.4. The number of amides is 1. The van der Waals surface area contributed by atoms with E-state index in [1.165, 1.54) is 12.1 Å². The molecule has 104 valence electrons. The van der Waals surface area contributed by atoms with Gasteiger partial charge in [-0.25, -0.2) is 0 Å². The molecule has 1 aliphatic carbocycles. The molecule has 1 aromatic carbocycles. The number of carbonyl (C=O) groups excluding carboxylic acids is 1. The molecule has 19 heavy (non-hydrogen) atoms. The second-order valence-electron chi connectivity index (χ2n) is 4.98. The zero-order chi connectivity index (χ0) is 14.0. The maximum atomic E-state index is 12.4. The highest BCUT2D eigenvalue weighted by Crippen LogP contribution is 2.30. The summed E-state index contributed by atoms with van der Waals surface area (Å²) in [7, 11) is 0. The Balaban J connectivity index is 1.99. The van der Waals surface area contributed by atoms with E-state index in [4.69, 9.17) is 0 Å². The van der Waals surface area contributed by atoms with E-state index in [1.807, 2.05) is 0 Å². The number of nitrogens with one attached hydrogen (secondary N) is 1. The lowest BCUT2D eigenvalue weighted by Gasteiger charge is -2.26. The van der Waals surface area contributed by atoms with E-state index in [9.17, 15) is 18.0 Å². The average molecular weight is 271 g/mol. The number of alkyl halides is 3. The standard InChI is InChI=1S/C14H16F3NO/c1-9(18-13(19)11-3-2-4-11)10-5-7-12(8-6-10)14(15,16)17/h5-9,11H,2-4H2,1H3,(H,18,19)/t9-/m0/s1. The fourth-order valence-electron chi connectivity index (χ4n) is 2.05. The summed E-state index contributed by atoms with van der Waals surface area (Å²) in [5.74, 6) is 0.0792. The fraction of sp³-hybridized carbons (Fsp3) is 0.500. The van der Waals surface area contributed by atoms with Gasteiger partial charge in [-0.05, 0) is 37.5 Å². The zero-order valence-corrected chi connectivity index (χ0v) is 10.6. The molecule has 1 N–H and O–H groups in total. The summed E-state index contributed by atoms with van der Waals surface area (Å²) in [6, 6.07) is 4.64. The molecule has 0 radical (unpaired) electrons. The summed E-state index contributed by atoms with van der Waals surface area (Å²) < 4.78 is 37.3. The summed E-state index contributed by atoms with van der Waals surface area (Å²) in [6.45, 7) is 1.78. The van der Waals surface area contributed by atoms with E-state index in [0.717, 1.165) is 31.4 Å². The third kappa shape index (κ3) is 3.28. The molecule has 0 unspecified atom stereocenters. The van der Waals surface area contributed by atoms with Crippen molar-refractivity contribution >= 4 is 5.91 Å². The van der Waals surface area contributed by atoms with Crippen LogP contribution >= 0.6 is 0 Å². The second kappa shape index (κ2) is 5.23. The zero-order valence-electron chi connectivity index (χ0n) is 10.6. The Morgan fingerprint density at radius 3 is 2.26 bits per heavy atom. The van der Waals surface area contributed by atoms with Crippen LogP contribution in [0.15, 0.2) is 24.3 Å².